The average Bonchev–Trinajstić information content (AvgIpc) is 3.58. The van der Waals surface area contributed by atoms with Gasteiger partial charge in [-0.15, -0.1) is 0 Å². The number of rotatable bonds is 2. The highest BCUT2D eigenvalue weighted by Gasteiger charge is 2.33. The summed E-state index contributed by atoms with van der Waals surface area (Å²) < 4.78 is 4.94. The van der Waals surface area contributed by atoms with Crippen molar-refractivity contribution in [2.24, 2.45) is 0 Å². The van der Waals surface area contributed by atoms with Gasteiger partial charge in [-0.3, -0.25) is 0 Å². The van der Waals surface area contributed by atoms with E-state index in [0.29, 0.717) is 0 Å². The van der Waals surface area contributed by atoms with Crippen LogP contribution in [0.5, 0.6) is 0 Å². The van der Waals surface area contributed by atoms with Crippen molar-refractivity contribution in [3.8, 4) is 33.6 Å². The summed E-state index contributed by atoms with van der Waals surface area (Å²) in [5.74, 6) is 0. The lowest BCUT2D eigenvalue weighted by molar-refractivity contribution is 1.12. The predicted octanol–water partition coefficient (Wildman–Crippen LogP) is 11.3. The van der Waals surface area contributed by atoms with Crippen LogP contribution in [0.2, 0.25) is 0 Å². The summed E-state index contributed by atoms with van der Waals surface area (Å²) in [4.78, 5) is 2.49. The molecule has 7 aromatic carbocycles. The number of hydrogen-bond acceptors (Lipinski definition) is 1. The van der Waals surface area contributed by atoms with Gasteiger partial charge in [-0.1, -0.05) is 103 Å². The molecule has 0 unspecified atom stereocenters. The van der Waals surface area contributed by atoms with Crippen molar-refractivity contribution in [2.45, 2.75) is 0 Å². The number of benzene rings is 7. The Morgan fingerprint density at radius 1 is 0.333 bits per heavy atom. The Morgan fingerprint density at radius 3 is 1.84 bits per heavy atom. The summed E-state index contributed by atoms with van der Waals surface area (Å²) in [5.41, 5.74) is 16.1. The van der Waals surface area contributed by atoms with Crippen LogP contribution in [0, 0.1) is 0 Å². The first-order chi connectivity index (χ1) is 22.4. The largest absolute Gasteiger partial charge is 0.309 e. The molecule has 208 valence electrons. The van der Waals surface area contributed by atoms with Gasteiger partial charge in [-0.2, -0.15) is 0 Å². The minimum atomic E-state index is 1.16. The predicted molar refractivity (Wildman–Crippen MR) is 188 cm³/mol. The minimum Gasteiger partial charge on any atom is -0.309 e. The molecule has 9 aromatic rings. The molecule has 2 aromatic heterocycles. The molecule has 3 heteroatoms. The number of fused-ring (bicyclic) bond motifs is 7. The zero-order valence-corrected chi connectivity index (χ0v) is 24.3. The third-order valence-electron chi connectivity index (χ3n) is 9.94. The smallest absolute Gasteiger partial charge is 0.0783 e. The summed E-state index contributed by atoms with van der Waals surface area (Å²) >= 11 is 0. The third-order valence-corrected chi connectivity index (χ3v) is 9.94. The molecule has 0 atom stereocenters. The molecule has 3 nitrogen and oxygen atoms in total. The Labute approximate surface area is 259 Å². The van der Waals surface area contributed by atoms with Gasteiger partial charge in [0.15, 0.2) is 0 Å². The molecule has 11 rings (SSSR count). The first kappa shape index (κ1) is 23.4. The highest BCUT2D eigenvalue weighted by Crippen LogP contribution is 2.56. The molecule has 0 saturated carbocycles. The maximum absolute atomic E-state index is 2.55. The molecule has 2 aliphatic rings. The normalized spacial score (nSPS) is 12.8. The zero-order chi connectivity index (χ0) is 29.2. The van der Waals surface area contributed by atoms with Crippen LogP contribution in [0.25, 0.3) is 77.2 Å². The van der Waals surface area contributed by atoms with Crippen LogP contribution >= 0.6 is 0 Å². The second-order valence-electron chi connectivity index (χ2n) is 12.2. The Hall–Kier alpha value is -6.06. The fourth-order valence-corrected chi connectivity index (χ4v) is 8.20. The van der Waals surface area contributed by atoms with Crippen molar-refractivity contribution in [1.29, 1.82) is 0 Å². The van der Waals surface area contributed by atoms with Gasteiger partial charge in [-0.05, 0) is 59.7 Å². The van der Waals surface area contributed by atoms with E-state index in [1.807, 2.05) is 0 Å². The topological polar surface area (TPSA) is 13.1 Å². The van der Waals surface area contributed by atoms with Crippen LogP contribution in [0.4, 0.5) is 17.1 Å². The second kappa shape index (κ2) is 8.31. The van der Waals surface area contributed by atoms with E-state index in [4.69, 9.17) is 0 Å². The molecule has 2 aliphatic heterocycles. The molecule has 0 fully saturated rings. The molecule has 0 radical (unpaired) electrons. The van der Waals surface area contributed by atoms with Gasteiger partial charge in [0.2, 0.25) is 0 Å². The number of para-hydroxylation sites is 5. The van der Waals surface area contributed by atoms with Gasteiger partial charge in [0.05, 0.1) is 39.1 Å². The maximum Gasteiger partial charge on any atom is 0.0783 e. The molecule has 0 amide bonds. The Bertz CT molecular complexity index is 2710. The van der Waals surface area contributed by atoms with E-state index in [1.54, 1.807) is 0 Å². The van der Waals surface area contributed by atoms with Crippen molar-refractivity contribution in [3.05, 3.63) is 152 Å². The molecule has 0 bridgehead atoms. The van der Waals surface area contributed by atoms with Crippen molar-refractivity contribution >= 4 is 60.7 Å². The highest BCUT2D eigenvalue weighted by molar-refractivity contribution is 6.22. The van der Waals surface area contributed by atoms with E-state index < -0.39 is 0 Å². The zero-order valence-electron chi connectivity index (χ0n) is 24.3. The van der Waals surface area contributed by atoms with Gasteiger partial charge in [-0.25, -0.2) is 0 Å². The van der Waals surface area contributed by atoms with E-state index in [0.717, 1.165) is 5.69 Å². The lowest BCUT2D eigenvalue weighted by Crippen LogP contribution is -2.18. The highest BCUT2D eigenvalue weighted by atomic mass is 15.2. The molecule has 0 saturated heterocycles. The third kappa shape index (κ3) is 2.86. The average molecular weight is 572 g/mol. The number of anilines is 3. The van der Waals surface area contributed by atoms with Crippen molar-refractivity contribution < 1.29 is 0 Å². The van der Waals surface area contributed by atoms with E-state index in [2.05, 4.69) is 166 Å². The van der Waals surface area contributed by atoms with Crippen LogP contribution in [-0.4, -0.2) is 9.13 Å². The van der Waals surface area contributed by atoms with Crippen LogP contribution in [0.15, 0.2) is 152 Å². The summed E-state index contributed by atoms with van der Waals surface area (Å²) in [7, 11) is 0. The standard InChI is InChI=1S/C42H25N3/c1-2-11-26(12-3-1)43-36-20-7-6-15-30(36)35-25-27(23-24-37(35)43)44-38-21-9-18-32-29-14-5-4-13-28(29)31-16-8-17-33-34-19-10-22-39(44)42(34)45(40(31)33)41(32)38/h1-25H. The lowest BCUT2D eigenvalue weighted by Gasteiger charge is -2.34. The Morgan fingerprint density at radius 2 is 0.956 bits per heavy atom. The maximum atomic E-state index is 2.55. The van der Waals surface area contributed by atoms with Gasteiger partial charge in [0.25, 0.3) is 0 Å². The van der Waals surface area contributed by atoms with E-state index in [9.17, 15) is 0 Å². The van der Waals surface area contributed by atoms with Crippen molar-refractivity contribution in [1.82, 2.24) is 9.13 Å². The SMILES string of the molecule is c1ccc(-n2c3ccccc3c3cc(N4c5cccc6c5-n5c7c(cccc7c7cccc4c75)-c4ccccc4-6)ccc32)cc1. The van der Waals surface area contributed by atoms with Crippen LogP contribution in [0.1, 0.15) is 0 Å². The number of hydrogen-bond donors (Lipinski definition) is 0. The lowest BCUT2D eigenvalue weighted by atomic mass is 9.92. The molecule has 45 heavy (non-hydrogen) atoms. The van der Waals surface area contributed by atoms with E-state index in [1.165, 1.54) is 88.6 Å². The first-order valence-corrected chi connectivity index (χ1v) is 15.5. The summed E-state index contributed by atoms with van der Waals surface area (Å²) in [5, 5.41) is 5.09. The quantitative estimate of drug-likeness (QED) is 0.201. The Balaban J connectivity index is 1.28. The summed E-state index contributed by atoms with van der Waals surface area (Å²) in [6.07, 6.45) is 0. The number of aromatic nitrogens is 2. The monoisotopic (exact) mass is 571 g/mol. The fourth-order valence-electron chi connectivity index (χ4n) is 8.20. The molecule has 0 N–H and O–H groups in total. The van der Waals surface area contributed by atoms with Crippen molar-refractivity contribution in [3.63, 3.8) is 0 Å². The minimum absolute atomic E-state index is 1.16. The summed E-state index contributed by atoms with van der Waals surface area (Å²) in [6, 6.07) is 55.7. The number of nitrogens with zero attached hydrogens (tertiary/aromatic N) is 3. The van der Waals surface area contributed by atoms with Gasteiger partial charge in [0.1, 0.15) is 0 Å². The molecule has 4 heterocycles. The fraction of sp³-hybridized carbons (Fsp3) is 0. The van der Waals surface area contributed by atoms with E-state index in [-0.39, 0.29) is 0 Å². The molecule has 0 spiro atoms. The van der Waals surface area contributed by atoms with Gasteiger partial charge < -0.3 is 14.0 Å². The molecular formula is C42H25N3. The van der Waals surface area contributed by atoms with Gasteiger partial charge in [0, 0.05) is 44.0 Å². The van der Waals surface area contributed by atoms with Gasteiger partial charge >= 0.3 is 0 Å². The molecular weight excluding hydrogens is 546 g/mol. The Kier molecular flexibility index (Phi) is 4.32. The van der Waals surface area contributed by atoms with Crippen LogP contribution in [0.3, 0.4) is 0 Å². The van der Waals surface area contributed by atoms with Crippen LogP contribution in [-0.2, 0) is 0 Å². The van der Waals surface area contributed by atoms with E-state index >= 15 is 0 Å². The first-order valence-electron chi connectivity index (χ1n) is 15.5. The second-order valence-corrected chi connectivity index (χ2v) is 12.2. The van der Waals surface area contributed by atoms with Crippen LogP contribution < -0.4 is 4.90 Å². The summed E-state index contributed by atoms with van der Waals surface area (Å²) in [6.45, 7) is 0. The molecule has 0 aliphatic carbocycles. The van der Waals surface area contributed by atoms with Crippen molar-refractivity contribution in [2.75, 3.05) is 4.90 Å².